The van der Waals surface area contributed by atoms with Crippen molar-refractivity contribution in [2.45, 2.75) is 82.3 Å². The van der Waals surface area contributed by atoms with E-state index in [2.05, 4.69) is 10.2 Å². The Kier molecular flexibility index (Phi) is 8.08. The minimum atomic E-state index is -0.954. The van der Waals surface area contributed by atoms with E-state index in [4.69, 9.17) is 0 Å². The second kappa shape index (κ2) is 11.6. The highest BCUT2D eigenvalue weighted by Gasteiger charge is 2.44. The third-order valence-corrected chi connectivity index (χ3v) is 8.66. The van der Waals surface area contributed by atoms with Gasteiger partial charge in [0, 0.05) is 18.2 Å². The van der Waals surface area contributed by atoms with Crippen molar-refractivity contribution in [3.05, 3.63) is 48.0 Å². The molecule has 5 rings (SSSR count). The van der Waals surface area contributed by atoms with Gasteiger partial charge in [0.1, 0.15) is 12.1 Å². The maximum atomic E-state index is 14.0. The molecule has 198 valence electrons. The van der Waals surface area contributed by atoms with Crippen LogP contribution in [-0.2, 0) is 9.59 Å². The van der Waals surface area contributed by atoms with Gasteiger partial charge in [0.2, 0.25) is 5.91 Å². The van der Waals surface area contributed by atoms with E-state index in [0.717, 1.165) is 62.4 Å². The first-order valence-corrected chi connectivity index (χ1v) is 14.1. The summed E-state index contributed by atoms with van der Waals surface area (Å²) in [6.45, 7) is 2.34. The van der Waals surface area contributed by atoms with Gasteiger partial charge in [0.25, 0.3) is 5.91 Å². The SMILES string of the molecule is O=C(N[C@H](CC1CCCCC1)C(=O)N1C[C@H](N2CCCCC2)C[C@H]1C(=O)O)c1ccc2ccccc2c1. The van der Waals surface area contributed by atoms with Crippen molar-refractivity contribution < 1.29 is 19.5 Å². The number of piperidine rings is 1. The molecule has 0 aromatic heterocycles. The third kappa shape index (κ3) is 5.98. The number of carboxylic acids is 1. The van der Waals surface area contributed by atoms with Crippen LogP contribution in [0.15, 0.2) is 42.5 Å². The zero-order valence-corrected chi connectivity index (χ0v) is 21.6. The summed E-state index contributed by atoms with van der Waals surface area (Å²) in [5.41, 5.74) is 0.516. The number of carboxylic acid groups (broad SMARTS) is 1. The zero-order chi connectivity index (χ0) is 25.8. The van der Waals surface area contributed by atoms with Crippen molar-refractivity contribution in [2.24, 2.45) is 5.92 Å². The van der Waals surface area contributed by atoms with E-state index in [1.807, 2.05) is 36.4 Å². The summed E-state index contributed by atoms with van der Waals surface area (Å²) in [6, 6.07) is 12.0. The number of carbonyl (C=O) groups excluding carboxylic acids is 2. The molecular formula is C30H39N3O4. The number of nitrogens with one attached hydrogen (secondary N) is 1. The molecule has 7 nitrogen and oxygen atoms in total. The molecule has 2 saturated heterocycles. The topological polar surface area (TPSA) is 90.0 Å². The average Bonchev–Trinajstić information content (AvgIpc) is 3.39. The molecule has 0 unspecified atom stereocenters. The molecule has 0 bridgehead atoms. The summed E-state index contributed by atoms with van der Waals surface area (Å²) >= 11 is 0. The van der Waals surface area contributed by atoms with Crippen molar-refractivity contribution in [3.8, 4) is 0 Å². The van der Waals surface area contributed by atoms with Crippen molar-refractivity contribution in [2.75, 3.05) is 19.6 Å². The van der Waals surface area contributed by atoms with Crippen LogP contribution in [0.5, 0.6) is 0 Å². The van der Waals surface area contributed by atoms with Gasteiger partial charge >= 0.3 is 5.97 Å². The molecule has 3 atom stereocenters. The summed E-state index contributed by atoms with van der Waals surface area (Å²) in [5, 5.41) is 15.1. The largest absolute Gasteiger partial charge is 0.480 e. The Morgan fingerprint density at radius 1 is 0.919 bits per heavy atom. The van der Waals surface area contributed by atoms with E-state index >= 15 is 0 Å². The summed E-state index contributed by atoms with van der Waals surface area (Å²) in [4.78, 5) is 43.5. The van der Waals surface area contributed by atoms with Crippen molar-refractivity contribution in [3.63, 3.8) is 0 Å². The molecule has 2 N–H and O–H groups in total. The highest BCUT2D eigenvalue weighted by molar-refractivity contribution is 6.01. The Morgan fingerprint density at radius 2 is 1.62 bits per heavy atom. The molecule has 0 spiro atoms. The standard InChI is InChI=1S/C30H39N3O4/c34-28(24-14-13-22-11-5-6-12-23(22)18-24)31-26(17-21-9-3-1-4-10-21)29(35)33-20-25(19-27(33)30(36)37)32-15-7-2-8-16-32/h5-6,11-14,18,21,25-27H,1-4,7-10,15-17,19-20H2,(H,31,34)(H,36,37)/t25-,26-,27+/m1/s1. The fourth-order valence-electron chi connectivity index (χ4n) is 6.59. The lowest BCUT2D eigenvalue weighted by atomic mass is 9.84. The molecule has 3 aliphatic rings. The Bertz CT molecular complexity index is 1120. The van der Waals surface area contributed by atoms with Gasteiger partial charge in [-0.15, -0.1) is 0 Å². The lowest BCUT2D eigenvalue weighted by Crippen LogP contribution is -2.53. The molecule has 37 heavy (non-hydrogen) atoms. The predicted molar refractivity (Wildman–Crippen MR) is 143 cm³/mol. The number of carbonyl (C=O) groups is 3. The number of rotatable bonds is 7. The Labute approximate surface area is 219 Å². The number of benzene rings is 2. The average molecular weight is 506 g/mol. The maximum Gasteiger partial charge on any atom is 0.326 e. The third-order valence-electron chi connectivity index (χ3n) is 8.66. The van der Waals surface area contributed by atoms with Crippen molar-refractivity contribution in [1.29, 1.82) is 0 Å². The van der Waals surface area contributed by atoms with E-state index in [-0.39, 0.29) is 17.9 Å². The van der Waals surface area contributed by atoms with Crippen LogP contribution in [0.25, 0.3) is 10.8 Å². The molecule has 1 saturated carbocycles. The number of hydrogen-bond donors (Lipinski definition) is 2. The Morgan fingerprint density at radius 3 is 2.35 bits per heavy atom. The maximum absolute atomic E-state index is 14.0. The van der Waals surface area contributed by atoms with Crippen molar-refractivity contribution in [1.82, 2.24) is 15.1 Å². The van der Waals surface area contributed by atoms with Crippen LogP contribution in [0.2, 0.25) is 0 Å². The molecule has 7 heteroatoms. The second-order valence-corrected chi connectivity index (χ2v) is 11.2. The number of nitrogens with zero attached hydrogens (tertiary/aromatic N) is 2. The molecular weight excluding hydrogens is 466 g/mol. The highest BCUT2D eigenvalue weighted by Crippen LogP contribution is 2.30. The first-order valence-electron chi connectivity index (χ1n) is 14.1. The van der Waals surface area contributed by atoms with Crippen LogP contribution in [0.4, 0.5) is 0 Å². The zero-order valence-electron chi connectivity index (χ0n) is 21.6. The number of likely N-dealkylation sites (tertiary alicyclic amines) is 2. The number of hydrogen-bond acceptors (Lipinski definition) is 4. The van der Waals surface area contributed by atoms with E-state index in [9.17, 15) is 19.5 Å². The molecule has 2 amide bonds. The monoisotopic (exact) mass is 505 g/mol. The molecule has 2 aromatic carbocycles. The minimum Gasteiger partial charge on any atom is -0.480 e. The van der Waals surface area contributed by atoms with Gasteiger partial charge in [0.05, 0.1) is 0 Å². The molecule has 2 aliphatic heterocycles. The lowest BCUT2D eigenvalue weighted by Gasteiger charge is -2.33. The second-order valence-electron chi connectivity index (χ2n) is 11.2. The van der Waals surface area contributed by atoms with Gasteiger partial charge < -0.3 is 15.3 Å². The van der Waals surface area contributed by atoms with Crippen LogP contribution in [0, 0.1) is 5.92 Å². The van der Waals surface area contributed by atoms with Crippen LogP contribution >= 0.6 is 0 Å². The van der Waals surface area contributed by atoms with Gasteiger partial charge in [-0.25, -0.2) is 4.79 Å². The van der Waals surface area contributed by atoms with Crippen molar-refractivity contribution >= 4 is 28.6 Å². The first-order chi connectivity index (χ1) is 18.0. The fourth-order valence-corrected chi connectivity index (χ4v) is 6.59. The van der Waals surface area contributed by atoms with Crippen LogP contribution in [-0.4, -0.2) is 70.4 Å². The molecule has 2 aromatic rings. The van der Waals surface area contributed by atoms with E-state index in [1.54, 1.807) is 11.0 Å². The Hall–Kier alpha value is -2.93. The minimum absolute atomic E-state index is 0.0665. The molecule has 1 aliphatic carbocycles. The predicted octanol–water partition coefficient (Wildman–Crippen LogP) is 4.45. The van der Waals surface area contributed by atoms with Gasteiger partial charge in [-0.2, -0.15) is 0 Å². The number of amides is 2. The van der Waals surface area contributed by atoms with Gasteiger partial charge in [-0.1, -0.05) is 68.9 Å². The van der Waals surface area contributed by atoms with Gasteiger partial charge in [-0.3, -0.25) is 14.5 Å². The fraction of sp³-hybridized carbons (Fsp3) is 0.567. The Balaban J connectivity index is 1.36. The summed E-state index contributed by atoms with van der Waals surface area (Å²) in [7, 11) is 0. The van der Waals surface area contributed by atoms with E-state index < -0.39 is 18.1 Å². The van der Waals surface area contributed by atoms with E-state index in [0.29, 0.717) is 30.9 Å². The van der Waals surface area contributed by atoms with Crippen LogP contribution < -0.4 is 5.32 Å². The molecule has 3 fully saturated rings. The smallest absolute Gasteiger partial charge is 0.326 e. The van der Waals surface area contributed by atoms with Gasteiger partial charge in [0.15, 0.2) is 0 Å². The first kappa shape index (κ1) is 25.7. The summed E-state index contributed by atoms with van der Waals surface area (Å²) < 4.78 is 0. The lowest BCUT2D eigenvalue weighted by molar-refractivity contribution is -0.149. The summed E-state index contributed by atoms with van der Waals surface area (Å²) in [5.74, 6) is -1.11. The highest BCUT2D eigenvalue weighted by atomic mass is 16.4. The number of fused-ring (bicyclic) bond motifs is 1. The van der Waals surface area contributed by atoms with Crippen LogP contribution in [0.3, 0.4) is 0 Å². The van der Waals surface area contributed by atoms with Crippen LogP contribution in [0.1, 0.15) is 74.6 Å². The quantitative estimate of drug-likeness (QED) is 0.580. The summed E-state index contributed by atoms with van der Waals surface area (Å²) in [6.07, 6.45) is 10.1. The normalized spacial score (nSPS) is 24.2. The molecule has 0 radical (unpaired) electrons. The van der Waals surface area contributed by atoms with Gasteiger partial charge in [-0.05, 0) is 67.6 Å². The molecule has 2 heterocycles. The van der Waals surface area contributed by atoms with E-state index in [1.165, 1.54) is 12.8 Å². The number of aliphatic carboxylic acids is 1.